The SMILES string of the molecule is C/C=C/CC/C=C/CC/C=C/C(O)C(COP(=O)(O)OCC[N+](C)(C)C)NC(=O)CCCCCCCCC/C=C\C/C=C\CCCCCC. The van der Waals surface area contributed by atoms with Crippen LogP contribution in [0.4, 0.5) is 0 Å². The van der Waals surface area contributed by atoms with Gasteiger partial charge in [0.1, 0.15) is 13.2 Å². The van der Waals surface area contributed by atoms with Gasteiger partial charge in [-0.15, -0.1) is 0 Å². The average molecular weight is 710 g/mol. The topological polar surface area (TPSA) is 105 Å². The number of phosphoric acid groups is 1. The van der Waals surface area contributed by atoms with Gasteiger partial charge < -0.3 is 19.8 Å². The molecule has 49 heavy (non-hydrogen) atoms. The Morgan fingerprint density at radius 1 is 0.735 bits per heavy atom. The monoisotopic (exact) mass is 710 g/mol. The maximum atomic E-state index is 12.8. The van der Waals surface area contributed by atoms with E-state index in [4.69, 9.17) is 9.05 Å². The second kappa shape index (κ2) is 32.1. The number of likely N-dealkylation sites (N-methyl/N-ethyl adjacent to an activating group) is 1. The zero-order valence-electron chi connectivity index (χ0n) is 31.9. The maximum absolute atomic E-state index is 12.8. The number of aliphatic hydroxyl groups is 1. The third kappa shape index (κ3) is 34.4. The zero-order valence-corrected chi connectivity index (χ0v) is 32.8. The van der Waals surface area contributed by atoms with Crippen molar-refractivity contribution >= 4 is 13.7 Å². The third-order valence-corrected chi connectivity index (χ3v) is 9.02. The highest BCUT2D eigenvalue weighted by molar-refractivity contribution is 7.47. The van der Waals surface area contributed by atoms with E-state index in [9.17, 15) is 19.4 Å². The van der Waals surface area contributed by atoms with Crippen LogP contribution in [0.5, 0.6) is 0 Å². The summed E-state index contributed by atoms with van der Waals surface area (Å²) in [6.07, 6.45) is 40.2. The quantitative estimate of drug-likeness (QED) is 0.0271. The van der Waals surface area contributed by atoms with Crippen molar-refractivity contribution in [2.75, 3.05) is 40.9 Å². The molecule has 0 aliphatic rings. The van der Waals surface area contributed by atoms with Crippen LogP contribution in [0.1, 0.15) is 136 Å². The first-order valence-electron chi connectivity index (χ1n) is 19.1. The van der Waals surface area contributed by atoms with E-state index >= 15 is 0 Å². The van der Waals surface area contributed by atoms with E-state index in [2.05, 4.69) is 54.8 Å². The molecule has 0 aromatic carbocycles. The van der Waals surface area contributed by atoms with Gasteiger partial charge in [0.05, 0.1) is 39.9 Å². The number of carbonyl (C=O) groups excluding carboxylic acids is 1. The van der Waals surface area contributed by atoms with Crippen molar-refractivity contribution in [1.82, 2.24) is 5.32 Å². The molecule has 0 aliphatic carbocycles. The molecular weight excluding hydrogens is 635 g/mol. The Morgan fingerprint density at radius 3 is 1.86 bits per heavy atom. The van der Waals surface area contributed by atoms with E-state index in [1.165, 1.54) is 51.4 Å². The van der Waals surface area contributed by atoms with Gasteiger partial charge in [-0.25, -0.2) is 4.57 Å². The van der Waals surface area contributed by atoms with Crippen LogP contribution in [0.3, 0.4) is 0 Å². The molecule has 0 fully saturated rings. The molecule has 0 saturated heterocycles. The number of quaternary nitrogens is 1. The van der Waals surface area contributed by atoms with Gasteiger partial charge in [0.15, 0.2) is 0 Å². The summed E-state index contributed by atoms with van der Waals surface area (Å²) >= 11 is 0. The number of nitrogens with one attached hydrogen (secondary N) is 1. The summed E-state index contributed by atoms with van der Waals surface area (Å²) in [5.74, 6) is -0.207. The highest BCUT2D eigenvalue weighted by Gasteiger charge is 2.27. The Bertz CT molecular complexity index is 986. The Labute approximate surface area is 301 Å². The molecule has 3 unspecified atom stereocenters. The molecule has 3 atom stereocenters. The van der Waals surface area contributed by atoms with Gasteiger partial charge in [-0.3, -0.25) is 13.8 Å². The lowest BCUT2D eigenvalue weighted by atomic mass is 10.1. The fourth-order valence-corrected chi connectivity index (χ4v) is 5.67. The van der Waals surface area contributed by atoms with Crippen molar-refractivity contribution in [1.29, 1.82) is 0 Å². The summed E-state index contributed by atoms with van der Waals surface area (Å²) in [4.78, 5) is 22.9. The van der Waals surface area contributed by atoms with E-state index in [0.717, 1.165) is 64.2 Å². The van der Waals surface area contributed by atoms with Gasteiger partial charge in [0.2, 0.25) is 5.91 Å². The number of rotatable bonds is 33. The zero-order chi connectivity index (χ0) is 36.5. The van der Waals surface area contributed by atoms with Gasteiger partial charge in [-0.05, 0) is 71.1 Å². The lowest BCUT2D eigenvalue weighted by Gasteiger charge is -2.25. The molecule has 1 amide bonds. The molecule has 0 radical (unpaired) electrons. The average Bonchev–Trinajstić information content (AvgIpc) is 3.04. The van der Waals surface area contributed by atoms with Crippen molar-refractivity contribution in [2.24, 2.45) is 0 Å². The summed E-state index contributed by atoms with van der Waals surface area (Å²) in [5, 5.41) is 13.7. The number of aliphatic hydroxyl groups excluding tert-OH is 1. The number of hydrogen-bond acceptors (Lipinski definition) is 5. The Kier molecular flexibility index (Phi) is 31.0. The summed E-state index contributed by atoms with van der Waals surface area (Å²) in [6.45, 7) is 4.49. The normalized spacial score (nSPS) is 15.3. The standard InChI is InChI=1S/C40H73N2O6P/c1-6-8-10-12-14-16-17-18-19-20-21-22-23-24-26-28-30-32-34-40(44)41-38(37-48-49(45,46)47-36-35-42(3,4)5)39(43)33-31-29-27-25-15-13-11-9-7-2/h7,9,15-17,19-20,25,31,33,38-39,43H,6,8,10-14,18,21-24,26-30,32,34-37H2,1-5H3,(H-,41,44,45,46)/p+1/b9-7+,17-16-,20-19-,25-15+,33-31+. The van der Waals surface area contributed by atoms with Crippen LogP contribution in [0.25, 0.3) is 0 Å². The van der Waals surface area contributed by atoms with Crippen LogP contribution in [-0.2, 0) is 18.4 Å². The van der Waals surface area contributed by atoms with E-state index in [-0.39, 0.29) is 19.1 Å². The molecule has 0 aromatic heterocycles. The third-order valence-electron chi connectivity index (χ3n) is 8.03. The van der Waals surface area contributed by atoms with E-state index in [1.54, 1.807) is 6.08 Å². The van der Waals surface area contributed by atoms with Crippen LogP contribution in [0.2, 0.25) is 0 Å². The lowest BCUT2D eigenvalue weighted by Crippen LogP contribution is -2.45. The second-order valence-electron chi connectivity index (χ2n) is 13.9. The largest absolute Gasteiger partial charge is 0.472 e. The molecule has 284 valence electrons. The molecule has 0 saturated carbocycles. The highest BCUT2D eigenvalue weighted by Crippen LogP contribution is 2.43. The highest BCUT2D eigenvalue weighted by atomic mass is 31.2. The van der Waals surface area contributed by atoms with Crippen LogP contribution in [0, 0.1) is 0 Å². The van der Waals surface area contributed by atoms with E-state index in [1.807, 2.05) is 40.2 Å². The molecular formula is C40H74N2O6P+. The van der Waals surface area contributed by atoms with Crippen LogP contribution in [-0.4, -0.2) is 73.4 Å². The van der Waals surface area contributed by atoms with Crippen molar-refractivity contribution < 1.29 is 32.9 Å². The number of carbonyl (C=O) groups is 1. The number of unbranched alkanes of at least 4 members (excludes halogenated alkanes) is 13. The van der Waals surface area contributed by atoms with Crippen LogP contribution < -0.4 is 5.32 Å². The van der Waals surface area contributed by atoms with E-state index in [0.29, 0.717) is 17.4 Å². The number of hydrogen-bond donors (Lipinski definition) is 3. The summed E-state index contributed by atoms with van der Waals surface area (Å²) in [5.41, 5.74) is 0. The predicted octanol–water partition coefficient (Wildman–Crippen LogP) is 9.90. The van der Waals surface area contributed by atoms with Gasteiger partial charge in [0, 0.05) is 6.42 Å². The second-order valence-corrected chi connectivity index (χ2v) is 15.4. The van der Waals surface area contributed by atoms with Gasteiger partial charge in [0.25, 0.3) is 0 Å². The Morgan fingerprint density at radius 2 is 1.27 bits per heavy atom. The molecule has 9 heteroatoms. The number of phosphoric ester groups is 1. The van der Waals surface area contributed by atoms with Crippen molar-refractivity contribution in [3.8, 4) is 0 Å². The van der Waals surface area contributed by atoms with Gasteiger partial charge >= 0.3 is 7.82 Å². The first kappa shape index (κ1) is 47.2. The van der Waals surface area contributed by atoms with Crippen molar-refractivity contribution in [2.45, 2.75) is 148 Å². The van der Waals surface area contributed by atoms with E-state index < -0.39 is 20.0 Å². The molecule has 0 spiro atoms. The fraction of sp³-hybridized carbons (Fsp3) is 0.725. The minimum absolute atomic E-state index is 0.0488. The molecule has 0 aromatic rings. The lowest BCUT2D eigenvalue weighted by molar-refractivity contribution is -0.870. The van der Waals surface area contributed by atoms with Crippen LogP contribution in [0.15, 0.2) is 60.8 Å². The number of nitrogens with zero attached hydrogens (tertiary/aromatic N) is 1. The fourth-order valence-electron chi connectivity index (χ4n) is 4.93. The van der Waals surface area contributed by atoms with Gasteiger partial charge in [-0.1, -0.05) is 119 Å². The van der Waals surface area contributed by atoms with Crippen LogP contribution >= 0.6 is 7.82 Å². The maximum Gasteiger partial charge on any atom is 0.472 e. The molecule has 3 N–H and O–H groups in total. The molecule has 0 heterocycles. The number of amides is 1. The van der Waals surface area contributed by atoms with Crippen molar-refractivity contribution in [3.05, 3.63) is 60.8 Å². The van der Waals surface area contributed by atoms with Crippen molar-refractivity contribution in [3.63, 3.8) is 0 Å². The Balaban J connectivity index is 4.47. The minimum atomic E-state index is -4.34. The summed E-state index contributed by atoms with van der Waals surface area (Å²) in [6, 6.07) is -0.872. The Hall–Kier alpha value is -1.80. The summed E-state index contributed by atoms with van der Waals surface area (Å²) < 4.78 is 23.4. The number of allylic oxidation sites excluding steroid dienone is 9. The minimum Gasteiger partial charge on any atom is -0.387 e. The first-order chi connectivity index (χ1) is 23.5. The molecule has 0 bridgehead atoms. The summed E-state index contributed by atoms with van der Waals surface area (Å²) in [7, 11) is 1.52. The first-order valence-corrected chi connectivity index (χ1v) is 20.6. The van der Waals surface area contributed by atoms with Gasteiger partial charge in [-0.2, -0.15) is 0 Å². The smallest absolute Gasteiger partial charge is 0.387 e. The molecule has 0 rings (SSSR count). The molecule has 8 nitrogen and oxygen atoms in total. The predicted molar refractivity (Wildman–Crippen MR) is 207 cm³/mol. The molecule has 0 aliphatic heterocycles.